The molecule has 0 aromatic heterocycles. The zero-order valence-corrected chi connectivity index (χ0v) is 12.4. The van der Waals surface area contributed by atoms with Crippen molar-refractivity contribution in [2.75, 3.05) is 0 Å². The van der Waals surface area contributed by atoms with E-state index in [1.54, 1.807) is 0 Å². The Morgan fingerprint density at radius 3 is 2.95 bits per heavy atom. The number of aliphatic hydroxyl groups excluding tert-OH is 1. The van der Waals surface area contributed by atoms with E-state index in [-0.39, 0.29) is 17.4 Å². The van der Waals surface area contributed by atoms with Gasteiger partial charge < -0.3 is 10.4 Å². The van der Waals surface area contributed by atoms with Gasteiger partial charge in [-0.1, -0.05) is 44.2 Å². The van der Waals surface area contributed by atoms with E-state index in [1.807, 2.05) is 12.2 Å². The molecule has 0 aromatic carbocycles. The molecule has 0 spiro atoms. The average Bonchev–Trinajstić information content (AvgIpc) is 2.68. The molecule has 2 N–H and O–H groups in total. The monoisotopic (exact) mass is 275 g/mol. The van der Waals surface area contributed by atoms with Crippen molar-refractivity contribution in [1.82, 2.24) is 5.32 Å². The molecule has 2 aliphatic rings. The van der Waals surface area contributed by atoms with Crippen LogP contribution in [0.2, 0.25) is 0 Å². The molecule has 1 heterocycles. The van der Waals surface area contributed by atoms with Crippen LogP contribution in [0.1, 0.15) is 46.0 Å². The summed E-state index contributed by atoms with van der Waals surface area (Å²) in [5.74, 6) is 0.0998. The molecule has 1 amide bonds. The van der Waals surface area contributed by atoms with Gasteiger partial charge in [0.2, 0.25) is 5.91 Å². The van der Waals surface area contributed by atoms with Gasteiger partial charge >= 0.3 is 0 Å². The Morgan fingerprint density at radius 2 is 2.25 bits per heavy atom. The largest absolute Gasteiger partial charge is 0.388 e. The Labute approximate surface area is 121 Å². The molecule has 3 heteroatoms. The first-order valence-electron chi connectivity index (χ1n) is 7.53. The van der Waals surface area contributed by atoms with Crippen LogP contribution in [0.15, 0.2) is 36.0 Å². The summed E-state index contributed by atoms with van der Waals surface area (Å²) in [5, 5.41) is 13.4. The van der Waals surface area contributed by atoms with Gasteiger partial charge in [0.1, 0.15) is 0 Å². The van der Waals surface area contributed by atoms with E-state index in [0.717, 1.165) is 19.3 Å². The number of amides is 1. The predicted octanol–water partition coefficient (Wildman–Crippen LogP) is 2.87. The molecule has 1 saturated heterocycles. The van der Waals surface area contributed by atoms with Gasteiger partial charge in [-0.15, -0.1) is 0 Å². The number of nitrogens with one attached hydrogen (secondary N) is 1. The molecular weight excluding hydrogens is 250 g/mol. The fourth-order valence-corrected chi connectivity index (χ4v) is 2.68. The Balaban J connectivity index is 2.02. The summed E-state index contributed by atoms with van der Waals surface area (Å²) in [5.41, 5.74) is 0.891. The molecule has 0 bridgehead atoms. The van der Waals surface area contributed by atoms with Gasteiger partial charge in [-0.2, -0.15) is 0 Å². The van der Waals surface area contributed by atoms with Gasteiger partial charge in [0, 0.05) is 17.9 Å². The quantitative estimate of drug-likeness (QED) is 0.775. The molecular formula is C17H25NO2. The maximum Gasteiger partial charge on any atom is 0.220 e. The van der Waals surface area contributed by atoms with Crippen LogP contribution < -0.4 is 5.32 Å². The van der Waals surface area contributed by atoms with Crippen molar-refractivity contribution in [3.8, 4) is 0 Å². The third-order valence-corrected chi connectivity index (χ3v) is 4.27. The normalized spacial score (nSPS) is 25.4. The van der Waals surface area contributed by atoms with Gasteiger partial charge in [-0.3, -0.25) is 4.79 Å². The number of carbonyl (C=O) groups is 1. The van der Waals surface area contributed by atoms with Crippen LogP contribution in [-0.2, 0) is 4.79 Å². The van der Waals surface area contributed by atoms with E-state index in [4.69, 9.17) is 0 Å². The first-order chi connectivity index (χ1) is 9.50. The van der Waals surface area contributed by atoms with Crippen molar-refractivity contribution in [3.63, 3.8) is 0 Å². The summed E-state index contributed by atoms with van der Waals surface area (Å²) in [7, 11) is 0. The summed E-state index contributed by atoms with van der Waals surface area (Å²) >= 11 is 0. The lowest BCUT2D eigenvalue weighted by Crippen LogP contribution is -2.30. The summed E-state index contributed by atoms with van der Waals surface area (Å²) in [6, 6.07) is 0.0756. The van der Waals surface area contributed by atoms with Gasteiger partial charge in [-0.25, -0.2) is 0 Å². The molecule has 2 rings (SSSR count). The minimum absolute atomic E-state index is 0.0756. The fourth-order valence-electron chi connectivity index (χ4n) is 2.68. The van der Waals surface area contributed by atoms with E-state index < -0.39 is 6.10 Å². The SMILES string of the molecule is CC(C)(C1=CCCCC=C1)C(O)/C=C/C1CCC(=O)N1. The molecule has 1 fully saturated rings. The number of aliphatic hydroxyl groups is 1. The van der Waals surface area contributed by atoms with E-state index in [0.29, 0.717) is 6.42 Å². The Morgan fingerprint density at radius 1 is 1.45 bits per heavy atom. The van der Waals surface area contributed by atoms with Crippen LogP contribution in [0.3, 0.4) is 0 Å². The first kappa shape index (κ1) is 15.0. The Hall–Kier alpha value is -1.35. The van der Waals surface area contributed by atoms with Crippen molar-refractivity contribution in [2.24, 2.45) is 5.41 Å². The zero-order valence-electron chi connectivity index (χ0n) is 12.4. The Kier molecular flexibility index (Phi) is 4.81. The highest BCUT2D eigenvalue weighted by Gasteiger charge is 2.29. The topological polar surface area (TPSA) is 49.3 Å². The highest BCUT2D eigenvalue weighted by Crippen LogP contribution is 2.34. The smallest absolute Gasteiger partial charge is 0.220 e. The van der Waals surface area contributed by atoms with Gasteiger partial charge in [0.05, 0.1) is 6.10 Å². The zero-order chi connectivity index (χ0) is 14.6. The molecule has 1 aliphatic carbocycles. The second-order valence-electron chi connectivity index (χ2n) is 6.26. The standard InChI is InChI=1S/C17H25NO2/c1-17(2,13-7-5-3-4-6-8-13)15(19)11-9-14-10-12-16(20)18-14/h5,7-9,11,14-15,19H,3-4,6,10,12H2,1-2H3,(H,18,20)/b11-9+. The van der Waals surface area contributed by atoms with E-state index >= 15 is 0 Å². The molecule has 2 atom stereocenters. The van der Waals surface area contributed by atoms with Crippen molar-refractivity contribution < 1.29 is 9.90 Å². The van der Waals surface area contributed by atoms with E-state index in [1.165, 1.54) is 12.0 Å². The predicted molar refractivity (Wildman–Crippen MR) is 81.2 cm³/mol. The van der Waals surface area contributed by atoms with Crippen molar-refractivity contribution >= 4 is 5.91 Å². The fraction of sp³-hybridized carbons (Fsp3) is 0.588. The van der Waals surface area contributed by atoms with Crippen molar-refractivity contribution in [2.45, 2.75) is 58.1 Å². The van der Waals surface area contributed by atoms with Gasteiger partial charge in [-0.05, 0) is 31.3 Å². The van der Waals surface area contributed by atoms with Crippen LogP contribution in [0.5, 0.6) is 0 Å². The van der Waals surface area contributed by atoms with Crippen LogP contribution in [-0.4, -0.2) is 23.2 Å². The van der Waals surface area contributed by atoms with Crippen LogP contribution in [0.4, 0.5) is 0 Å². The van der Waals surface area contributed by atoms with Crippen molar-refractivity contribution in [1.29, 1.82) is 0 Å². The highest BCUT2D eigenvalue weighted by atomic mass is 16.3. The minimum Gasteiger partial charge on any atom is -0.388 e. The molecule has 0 saturated carbocycles. The minimum atomic E-state index is -0.547. The second kappa shape index (κ2) is 6.40. The summed E-state index contributed by atoms with van der Waals surface area (Å²) < 4.78 is 0. The van der Waals surface area contributed by atoms with Gasteiger partial charge in [0.15, 0.2) is 0 Å². The first-order valence-corrected chi connectivity index (χ1v) is 7.53. The average molecular weight is 275 g/mol. The lowest BCUT2D eigenvalue weighted by molar-refractivity contribution is -0.119. The van der Waals surface area contributed by atoms with E-state index in [9.17, 15) is 9.90 Å². The molecule has 1 aliphatic heterocycles. The molecule has 3 nitrogen and oxygen atoms in total. The maximum atomic E-state index is 11.2. The number of rotatable bonds is 4. The summed E-state index contributed by atoms with van der Waals surface area (Å²) in [4.78, 5) is 11.2. The number of hydrogen-bond donors (Lipinski definition) is 2. The van der Waals surface area contributed by atoms with Crippen LogP contribution in [0, 0.1) is 5.41 Å². The molecule has 110 valence electrons. The lowest BCUT2D eigenvalue weighted by Gasteiger charge is -2.30. The van der Waals surface area contributed by atoms with Crippen LogP contribution >= 0.6 is 0 Å². The summed E-state index contributed by atoms with van der Waals surface area (Å²) in [6.07, 6.45) is 14.5. The molecule has 20 heavy (non-hydrogen) atoms. The number of carbonyl (C=O) groups excluding carboxylic acids is 1. The van der Waals surface area contributed by atoms with Gasteiger partial charge in [0.25, 0.3) is 0 Å². The highest BCUT2D eigenvalue weighted by molar-refractivity contribution is 5.78. The third kappa shape index (κ3) is 3.60. The van der Waals surface area contributed by atoms with Crippen molar-refractivity contribution in [3.05, 3.63) is 36.0 Å². The Bertz CT molecular complexity index is 446. The molecule has 0 radical (unpaired) electrons. The third-order valence-electron chi connectivity index (χ3n) is 4.27. The number of hydrogen-bond acceptors (Lipinski definition) is 2. The second-order valence-corrected chi connectivity index (χ2v) is 6.26. The summed E-state index contributed by atoms with van der Waals surface area (Å²) in [6.45, 7) is 4.13. The molecule has 0 aromatic rings. The van der Waals surface area contributed by atoms with Crippen LogP contribution in [0.25, 0.3) is 0 Å². The molecule has 2 unspecified atom stereocenters. The maximum absolute atomic E-state index is 11.2. The lowest BCUT2D eigenvalue weighted by atomic mass is 9.78. The van der Waals surface area contributed by atoms with E-state index in [2.05, 4.69) is 37.4 Å². The number of allylic oxidation sites excluding steroid dienone is 3.